The van der Waals surface area contributed by atoms with Crippen molar-refractivity contribution in [2.75, 3.05) is 0 Å². The third-order valence-electron chi connectivity index (χ3n) is 5.67. The zero-order valence-electron chi connectivity index (χ0n) is 12.5. The third kappa shape index (κ3) is 2.97. The van der Waals surface area contributed by atoms with Crippen LogP contribution in [0.3, 0.4) is 0 Å². The predicted molar refractivity (Wildman–Crippen MR) is 78.3 cm³/mol. The van der Waals surface area contributed by atoms with Gasteiger partial charge < -0.3 is 9.90 Å². The highest BCUT2D eigenvalue weighted by Gasteiger charge is 2.57. The molecule has 3 unspecified atom stereocenters. The van der Waals surface area contributed by atoms with E-state index in [1.807, 2.05) is 0 Å². The Bertz CT molecular complexity index is 397. The summed E-state index contributed by atoms with van der Waals surface area (Å²) in [6.45, 7) is 4.61. The first kappa shape index (κ1) is 15.3. The minimum absolute atomic E-state index is 0.221. The smallest absolute Gasteiger partial charge is 0.303 e. The second kappa shape index (κ2) is 6.11. The SMILES string of the molecule is CC1(C)C2CC1C(C=O)[C@H](CC=CCCCC(=O)O)C2. The van der Waals surface area contributed by atoms with Crippen molar-refractivity contribution in [1.82, 2.24) is 0 Å². The molecule has 3 saturated carbocycles. The highest BCUT2D eigenvalue weighted by atomic mass is 16.4. The number of carboxylic acids is 1. The predicted octanol–water partition coefficient (Wildman–Crippen LogP) is 3.68. The molecular formula is C17H26O3. The van der Waals surface area contributed by atoms with Gasteiger partial charge in [-0.05, 0) is 55.3 Å². The van der Waals surface area contributed by atoms with E-state index in [1.165, 1.54) is 19.1 Å². The Morgan fingerprint density at radius 2 is 2.05 bits per heavy atom. The largest absolute Gasteiger partial charge is 0.481 e. The van der Waals surface area contributed by atoms with Crippen molar-refractivity contribution in [3.8, 4) is 0 Å². The van der Waals surface area contributed by atoms with Crippen molar-refractivity contribution in [2.45, 2.75) is 52.4 Å². The summed E-state index contributed by atoms with van der Waals surface area (Å²) < 4.78 is 0. The minimum atomic E-state index is -0.728. The fraction of sp³-hybridized carbons (Fsp3) is 0.765. The van der Waals surface area contributed by atoms with Gasteiger partial charge in [0.1, 0.15) is 6.29 Å². The van der Waals surface area contributed by atoms with Crippen molar-refractivity contribution >= 4 is 12.3 Å². The van der Waals surface area contributed by atoms with Crippen LogP contribution in [0.1, 0.15) is 52.4 Å². The molecule has 0 aromatic rings. The molecule has 112 valence electrons. The zero-order chi connectivity index (χ0) is 14.8. The van der Waals surface area contributed by atoms with Crippen LogP contribution in [0.15, 0.2) is 12.2 Å². The van der Waals surface area contributed by atoms with Crippen LogP contribution >= 0.6 is 0 Å². The van der Waals surface area contributed by atoms with E-state index < -0.39 is 5.97 Å². The van der Waals surface area contributed by atoms with Gasteiger partial charge in [0.05, 0.1) is 0 Å². The Kier molecular flexibility index (Phi) is 4.66. The normalized spacial score (nSPS) is 34.7. The van der Waals surface area contributed by atoms with Gasteiger partial charge >= 0.3 is 5.97 Å². The number of unbranched alkanes of at least 4 members (excludes halogenated alkanes) is 1. The Morgan fingerprint density at radius 1 is 1.30 bits per heavy atom. The number of rotatable bonds is 7. The van der Waals surface area contributed by atoms with Crippen LogP contribution in [0.4, 0.5) is 0 Å². The Morgan fingerprint density at radius 3 is 2.65 bits per heavy atom. The molecule has 0 spiro atoms. The summed E-state index contributed by atoms with van der Waals surface area (Å²) >= 11 is 0. The van der Waals surface area contributed by atoms with Gasteiger partial charge in [-0.2, -0.15) is 0 Å². The molecule has 0 saturated heterocycles. The molecule has 0 heterocycles. The van der Waals surface area contributed by atoms with E-state index in [9.17, 15) is 9.59 Å². The number of aldehydes is 1. The van der Waals surface area contributed by atoms with Crippen LogP contribution in [0.25, 0.3) is 0 Å². The van der Waals surface area contributed by atoms with Crippen LogP contribution < -0.4 is 0 Å². The van der Waals surface area contributed by atoms with E-state index in [2.05, 4.69) is 26.0 Å². The number of allylic oxidation sites excluding steroid dienone is 2. The summed E-state index contributed by atoms with van der Waals surface area (Å²) in [6.07, 6.45) is 10.6. The van der Waals surface area contributed by atoms with Gasteiger partial charge in [0.25, 0.3) is 0 Å². The topological polar surface area (TPSA) is 54.4 Å². The molecule has 3 fully saturated rings. The minimum Gasteiger partial charge on any atom is -0.481 e. The summed E-state index contributed by atoms with van der Waals surface area (Å²) in [6, 6.07) is 0. The maximum absolute atomic E-state index is 11.4. The third-order valence-corrected chi connectivity index (χ3v) is 5.67. The molecule has 1 N–H and O–H groups in total. The lowest BCUT2D eigenvalue weighted by Crippen LogP contribution is -2.56. The number of carbonyl (C=O) groups is 2. The zero-order valence-corrected chi connectivity index (χ0v) is 12.5. The van der Waals surface area contributed by atoms with E-state index in [4.69, 9.17) is 5.11 Å². The highest BCUT2D eigenvalue weighted by Crippen LogP contribution is 2.63. The molecule has 0 aliphatic heterocycles. The maximum Gasteiger partial charge on any atom is 0.303 e. The van der Waals surface area contributed by atoms with Gasteiger partial charge in [-0.3, -0.25) is 4.79 Å². The molecule has 3 aliphatic rings. The summed E-state index contributed by atoms with van der Waals surface area (Å²) in [5, 5.41) is 8.56. The first-order valence-corrected chi connectivity index (χ1v) is 7.79. The van der Waals surface area contributed by atoms with Crippen molar-refractivity contribution in [2.24, 2.45) is 29.1 Å². The van der Waals surface area contributed by atoms with E-state index in [0.717, 1.165) is 18.8 Å². The van der Waals surface area contributed by atoms with Gasteiger partial charge in [0.15, 0.2) is 0 Å². The van der Waals surface area contributed by atoms with Crippen LogP contribution in [-0.4, -0.2) is 17.4 Å². The summed E-state index contributed by atoms with van der Waals surface area (Å²) in [7, 11) is 0. The molecule has 0 aromatic heterocycles. The molecule has 4 atom stereocenters. The lowest BCUT2D eigenvalue weighted by atomic mass is 9.43. The molecule has 3 rings (SSSR count). The number of hydrogen-bond acceptors (Lipinski definition) is 2. The first-order valence-electron chi connectivity index (χ1n) is 7.79. The second-order valence-corrected chi connectivity index (χ2v) is 7.06. The molecule has 0 amide bonds. The summed E-state index contributed by atoms with van der Waals surface area (Å²) in [4.78, 5) is 21.8. The lowest BCUT2D eigenvalue weighted by Gasteiger charge is -2.61. The molecule has 3 nitrogen and oxygen atoms in total. The van der Waals surface area contributed by atoms with E-state index in [0.29, 0.717) is 23.7 Å². The molecule has 3 aliphatic carbocycles. The van der Waals surface area contributed by atoms with Gasteiger partial charge in [-0.15, -0.1) is 0 Å². The monoisotopic (exact) mass is 278 g/mol. The van der Waals surface area contributed by atoms with E-state index in [-0.39, 0.29) is 12.3 Å². The molecule has 0 radical (unpaired) electrons. The molecular weight excluding hydrogens is 252 g/mol. The average molecular weight is 278 g/mol. The van der Waals surface area contributed by atoms with Crippen LogP contribution in [-0.2, 0) is 9.59 Å². The second-order valence-electron chi connectivity index (χ2n) is 7.06. The quantitative estimate of drug-likeness (QED) is 0.439. The molecule has 20 heavy (non-hydrogen) atoms. The molecule has 2 bridgehead atoms. The first-order chi connectivity index (χ1) is 9.46. The van der Waals surface area contributed by atoms with Gasteiger partial charge in [0, 0.05) is 12.3 Å². The van der Waals surface area contributed by atoms with Crippen LogP contribution in [0.2, 0.25) is 0 Å². The van der Waals surface area contributed by atoms with Gasteiger partial charge in [-0.1, -0.05) is 26.0 Å². The fourth-order valence-corrected chi connectivity index (χ4v) is 4.18. The van der Waals surface area contributed by atoms with Gasteiger partial charge in [-0.25, -0.2) is 0 Å². The average Bonchev–Trinajstić information content (AvgIpc) is 2.41. The molecule has 0 aromatic carbocycles. The maximum atomic E-state index is 11.4. The van der Waals surface area contributed by atoms with Crippen molar-refractivity contribution in [3.05, 3.63) is 12.2 Å². The number of hydrogen-bond donors (Lipinski definition) is 1. The summed E-state index contributed by atoms with van der Waals surface area (Å²) in [5.41, 5.74) is 0.354. The van der Waals surface area contributed by atoms with Crippen LogP contribution in [0.5, 0.6) is 0 Å². The number of carbonyl (C=O) groups excluding carboxylic acids is 1. The Hall–Kier alpha value is -1.12. The summed E-state index contributed by atoms with van der Waals surface area (Å²) in [5.74, 6) is 1.35. The van der Waals surface area contributed by atoms with Crippen molar-refractivity contribution in [1.29, 1.82) is 0 Å². The standard InChI is InChI=1S/C17H26O3/c1-17(2)13-9-12(14(11-18)15(17)10-13)7-5-3-4-6-8-16(19)20/h3,5,11-15H,4,6-10H2,1-2H3,(H,19,20)/t12-,13?,14?,15?/m1/s1. The number of aliphatic carboxylic acids is 1. The number of fused-ring (bicyclic) bond motifs is 2. The van der Waals surface area contributed by atoms with Crippen molar-refractivity contribution in [3.63, 3.8) is 0 Å². The highest BCUT2D eigenvalue weighted by molar-refractivity contribution is 5.66. The lowest BCUT2D eigenvalue weighted by molar-refractivity contribution is -0.148. The Labute approximate surface area is 121 Å². The van der Waals surface area contributed by atoms with Crippen LogP contribution in [0, 0.1) is 29.1 Å². The molecule has 3 heteroatoms. The van der Waals surface area contributed by atoms with Gasteiger partial charge in [0.2, 0.25) is 0 Å². The van der Waals surface area contributed by atoms with E-state index >= 15 is 0 Å². The fourth-order valence-electron chi connectivity index (χ4n) is 4.18. The number of carboxylic acid groups (broad SMARTS) is 1. The van der Waals surface area contributed by atoms with Crippen molar-refractivity contribution < 1.29 is 14.7 Å². The van der Waals surface area contributed by atoms with E-state index in [1.54, 1.807) is 0 Å². The Balaban J connectivity index is 1.78.